The lowest BCUT2D eigenvalue weighted by Crippen LogP contribution is -2.31. The number of amides is 1. The average molecular weight is 310 g/mol. The molecule has 3 rings (SSSR count). The lowest BCUT2D eigenvalue weighted by molar-refractivity contribution is 0.0987. The van der Waals surface area contributed by atoms with Crippen molar-refractivity contribution in [2.24, 2.45) is 0 Å². The van der Waals surface area contributed by atoms with Crippen LogP contribution in [0, 0.1) is 13.8 Å². The van der Waals surface area contributed by atoms with Gasteiger partial charge in [-0.15, -0.1) is 0 Å². The molecular formula is C18H18N2O3. The summed E-state index contributed by atoms with van der Waals surface area (Å²) in [4.78, 5) is 14.8. The van der Waals surface area contributed by atoms with E-state index in [1.54, 1.807) is 30.2 Å². The first-order chi connectivity index (χ1) is 11.1. The Labute approximate surface area is 134 Å². The molecule has 0 bridgehead atoms. The van der Waals surface area contributed by atoms with Gasteiger partial charge in [0.2, 0.25) is 0 Å². The Balaban J connectivity index is 2.04. The second-order valence-electron chi connectivity index (χ2n) is 5.33. The Morgan fingerprint density at radius 3 is 2.70 bits per heavy atom. The van der Waals surface area contributed by atoms with Crippen LogP contribution < -0.4 is 4.90 Å². The molecule has 0 aliphatic carbocycles. The number of nitrogens with zero attached hydrogens (tertiary/aromatic N) is 2. The van der Waals surface area contributed by atoms with E-state index in [4.69, 9.17) is 8.94 Å². The van der Waals surface area contributed by atoms with E-state index in [0.717, 1.165) is 11.3 Å². The molecule has 0 N–H and O–H groups in total. The molecule has 118 valence electrons. The summed E-state index contributed by atoms with van der Waals surface area (Å²) in [7, 11) is 0. The lowest BCUT2D eigenvalue weighted by atomic mass is 10.1. The molecule has 2 heterocycles. The summed E-state index contributed by atoms with van der Waals surface area (Å²) in [6.07, 6.45) is 1.55. The molecule has 0 radical (unpaired) electrons. The Kier molecular flexibility index (Phi) is 4.02. The monoisotopic (exact) mass is 310 g/mol. The number of carbonyl (C=O) groups is 1. The molecule has 23 heavy (non-hydrogen) atoms. The molecule has 5 nitrogen and oxygen atoms in total. The van der Waals surface area contributed by atoms with Crippen molar-refractivity contribution in [2.75, 3.05) is 11.4 Å². The highest BCUT2D eigenvalue weighted by atomic mass is 16.5. The van der Waals surface area contributed by atoms with Crippen LogP contribution in [0.4, 0.5) is 5.69 Å². The fraction of sp³-hybridized carbons (Fsp3) is 0.222. The minimum absolute atomic E-state index is 0.150. The van der Waals surface area contributed by atoms with Gasteiger partial charge in [0.05, 0.1) is 6.26 Å². The third-order valence-electron chi connectivity index (χ3n) is 3.71. The molecule has 0 atom stereocenters. The summed E-state index contributed by atoms with van der Waals surface area (Å²) < 4.78 is 10.6. The lowest BCUT2D eigenvalue weighted by Gasteiger charge is -2.21. The number of aryl methyl sites for hydroxylation is 2. The highest BCUT2D eigenvalue weighted by molar-refractivity contribution is 6.10. The summed E-state index contributed by atoms with van der Waals surface area (Å²) in [5, 5.41) is 3.99. The van der Waals surface area contributed by atoms with Gasteiger partial charge in [-0.25, -0.2) is 0 Å². The van der Waals surface area contributed by atoms with Gasteiger partial charge in [0.25, 0.3) is 5.91 Å². The van der Waals surface area contributed by atoms with E-state index >= 15 is 0 Å². The molecule has 0 spiro atoms. The average Bonchev–Trinajstić information content (AvgIpc) is 3.17. The topological polar surface area (TPSA) is 59.5 Å². The first-order valence-corrected chi connectivity index (χ1v) is 7.50. The third-order valence-corrected chi connectivity index (χ3v) is 3.71. The van der Waals surface area contributed by atoms with E-state index in [9.17, 15) is 4.79 Å². The van der Waals surface area contributed by atoms with Crippen LogP contribution in [0.5, 0.6) is 0 Å². The quantitative estimate of drug-likeness (QED) is 0.724. The maximum atomic E-state index is 13.1. The van der Waals surface area contributed by atoms with Crippen molar-refractivity contribution in [3.05, 3.63) is 59.5 Å². The molecule has 0 fully saturated rings. The molecule has 0 aliphatic heterocycles. The molecule has 1 amide bonds. The summed E-state index contributed by atoms with van der Waals surface area (Å²) in [6.45, 7) is 6.22. The van der Waals surface area contributed by atoms with Gasteiger partial charge in [-0.05, 0) is 50.6 Å². The minimum atomic E-state index is -0.150. The second kappa shape index (κ2) is 6.12. The standard InChI is InChI=1S/C18H18N2O3/c1-4-20(14-8-5-7-12(2)11-14)18(21)16-13(3)23-19-17(16)15-9-6-10-22-15/h5-11H,4H2,1-3H3. The molecule has 1 aromatic carbocycles. The van der Waals surface area contributed by atoms with Crippen molar-refractivity contribution in [1.82, 2.24) is 5.16 Å². The highest BCUT2D eigenvalue weighted by Crippen LogP contribution is 2.28. The molecule has 0 unspecified atom stereocenters. The van der Waals surface area contributed by atoms with E-state index in [-0.39, 0.29) is 5.91 Å². The van der Waals surface area contributed by atoms with Gasteiger partial charge in [-0.1, -0.05) is 17.3 Å². The van der Waals surface area contributed by atoms with Crippen molar-refractivity contribution in [1.29, 1.82) is 0 Å². The molecule has 0 saturated carbocycles. The second-order valence-corrected chi connectivity index (χ2v) is 5.33. The molecule has 0 saturated heterocycles. The molecule has 3 aromatic rings. The zero-order valence-corrected chi connectivity index (χ0v) is 13.4. The fourth-order valence-corrected chi connectivity index (χ4v) is 2.58. The van der Waals surface area contributed by atoms with Crippen molar-refractivity contribution in [3.8, 4) is 11.5 Å². The predicted octanol–water partition coefficient (Wildman–Crippen LogP) is 4.22. The maximum Gasteiger partial charge on any atom is 0.264 e. The maximum absolute atomic E-state index is 13.1. The summed E-state index contributed by atoms with van der Waals surface area (Å²) in [5.41, 5.74) is 2.82. The normalized spacial score (nSPS) is 10.7. The summed E-state index contributed by atoms with van der Waals surface area (Å²) in [6, 6.07) is 11.4. The Morgan fingerprint density at radius 2 is 2.04 bits per heavy atom. The van der Waals surface area contributed by atoms with Gasteiger partial charge in [0.1, 0.15) is 11.3 Å². The van der Waals surface area contributed by atoms with Gasteiger partial charge in [0, 0.05) is 12.2 Å². The van der Waals surface area contributed by atoms with Crippen molar-refractivity contribution < 1.29 is 13.7 Å². The van der Waals surface area contributed by atoms with Gasteiger partial charge >= 0.3 is 0 Å². The van der Waals surface area contributed by atoms with Crippen molar-refractivity contribution in [3.63, 3.8) is 0 Å². The predicted molar refractivity (Wildman–Crippen MR) is 87.5 cm³/mol. The van der Waals surface area contributed by atoms with Gasteiger partial charge in [-0.3, -0.25) is 4.79 Å². The number of carbonyl (C=O) groups excluding carboxylic acids is 1. The third kappa shape index (κ3) is 2.77. The smallest absolute Gasteiger partial charge is 0.264 e. The largest absolute Gasteiger partial charge is 0.463 e. The summed E-state index contributed by atoms with van der Waals surface area (Å²) >= 11 is 0. The van der Waals surface area contributed by atoms with Crippen LogP contribution in [0.1, 0.15) is 28.6 Å². The Bertz CT molecular complexity index is 819. The highest BCUT2D eigenvalue weighted by Gasteiger charge is 2.27. The fourth-order valence-electron chi connectivity index (χ4n) is 2.58. The van der Waals surface area contributed by atoms with Crippen LogP contribution >= 0.6 is 0 Å². The van der Waals surface area contributed by atoms with E-state index in [2.05, 4.69) is 5.16 Å². The first-order valence-electron chi connectivity index (χ1n) is 7.50. The van der Waals surface area contributed by atoms with Crippen molar-refractivity contribution >= 4 is 11.6 Å². The number of hydrogen-bond donors (Lipinski definition) is 0. The zero-order chi connectivity index (χ0) is 16.4. The van der Waals surface area contributed by atoms with E-state index in [1.165, 1.54) is 0 Å². The number of rotatable bonds is 4. The van der Waals surface area contributed by atoms with Crippen LogP contribution in [0.3, 0.4) is 0 Å². The van der Waals surface area contributed by atoms with Crippen LogP contribution in [0.25, 0.3) is 11.5 Å². The van der Waals surface area contributed by atoms with E-state index in [1.807, 2.05) is 38.1 Å². The van der Waals surface area contributed by atoms with Crippen LogP contribution in [0.15, 0.2) is 51.6 Å². The van der Waals surface area contributed by atoms with E-state index < -0.39 is 0 Å². The SMILES string of the molecule is CCN(C(=O)c1c(-c2ccco2)noc1C)c1cccc(C)c1. The van der Waals surface area contributed by atoms with E-state index in [0.29, 0.717) is 29.3 Å². The Hall–Kier alpha value is -2.82. The van der Waals surface area contributed by atoms with Crippen LogP contribution in [-0.4, -0.2) is 17.6 Å². The molecular weight excluding hydrogens is 292 g/mol. The number of furan rings is 1. The van der Waals surface area contributed by atoms with Crippen LogP contribution in [-0.2, 0) is 0 Å². The molecule has 2 aromatic heterocycles. The number of hydrogen-bond acceptors (Lipinski definition) is 4. The summed E-state index contributed by atoms with van der Waals surface area (Å²) in [5.74, 6) is 0.848. The van der Waals surface area contributed by atoms with Gasteiger partial charge in [0.15, 0.2) is 11.5 Å². The zero-order valence-electron chi connectivity index (χ0n) is 13.4. The van der Waals surface area contributed by atoms with Gasteiger partial charge < -0.3 is 13.8 Å². The number of aromatic nitrogens is 1. The number of anilines is 1. The minimum Gasteiger partial charge on any atom is -0.463 e. The van der Waals surface area contributed by atoms with Crippen molar-refractivity contribution in [2.45, 2.75) is 20.8 Å². The van der Waals surface area contributed by atoms with Crippen LogP contribution in [0.2, 0.25) is 0 Å². The Morgan fingerprint density at radius 1 is 1.22 bits per heavy atom. The first kappa shape index (κ1) is 15.1. The number of benzene rings is 1. The molecule has 0 aliphatic rings. The molecule has 5 heteroatoms. The van der Waals surface area contributed by atoms with Gasteiger partial charge in [-0.2, -0.15) is 0 Å².